The summed E-state index contributed by atoms with van der Waals surface area (Å²) in [5.74, 6) is 1.54. The van der Waals surface area contributed by atoms with E-state index in [1.54, 1.807) is 0 Å². The lowest BCUT2D eigenvalue weighted by atomic mass is 9.91. The van der Waals surface area contributed by atoms with Crippen molar-refractivity contribution in [3.8, 4) is 0 Å². The average Bonchev–Trinajstić information content (AvgIpc) is 2.47. The molecule has 0 heterocycles. The van der Waals surface area contributed by atoms with E-state index >= 15 is 0 Å². The van der Waals surface area contributed by atoms with Gasteiger partial charge in [0.2, 0.25) is 0 Å². The molecule has 0 aromatic heterocycles. The fraction of sp³-hybridized carbons (Fsp3) is 0.636. The molecular weight excluding hydrogens is 132 g/mol. The van der Waals surface area contributed by atoms with Crippen molar-refractivity contribution in [2.75, 3.05) is 0 Å². The van der Waals surface area contributed by atoms with Gasteiger partial charge in [0, 0.05) is 0 Å². The first-order chi connectivity index (χ1) is 5.38. The van der Waals surface area contributed by atoms with Crippen LogP contribution in [0.2, 0.25) is 0 Å². The van der Waals surface area contributed by atoms with Crippen LogP contribution in [0, 0.1) is 11.8 Å². The molecule has 1 aliphatic rings. The predicted octanol–water partition coefficient (Wildman–Crippen LogP) is 3.55. The lowest BCUT2D eigenvalue weighted by Crippen LogP contribution is -2.04. The molecule has 0 N–H and O–H groups in total. The van der Waals surface area contributed by atoms with Gasteiger partial charge >= 0.3 is 0 Å². The highest BCUT2D eigenvalue weighted by molar-refractivity contribution is 5.06. The van der Waals surface area contributed by atoms with Gasteiger partial charge in [0.05, 0.1) is 0 Å². The number of hydrogen-bond donors (Lipinski definition) is 0. The normalized spacial score (nSPS) is 29.2. The summed E-state index contributed by atoms with van der Waals surface area (Å²) in [6.07, 6.45) is 12.0. The zero-order chi connectivity index (χ0) is 8.10. The minimum atomic E-state index is 0.738. The van der Waals surface area contributed by atoms with E-state index in [-0.39, 0.29) is 0 Å². The molecule has 0 radical (unpaired) electrons. The van der Waals surface area contributed by atoms with Gasteiger partial charge in [0.1, 0.15) is 0 Å². The fourth-order valence-corrected chi connectivity index (χ4v) is 1.75. The first kappa shape index (κ1) is 8.58. The summed E-state index contributed by atoms with van der Waals surface area (Å²) in [6, 6.07) is 0. The maximum atomic E-state index is 3.86. The van der Waals surface area contributed by atoms with Gasteiger partial charge in [-0.05, 0) is 24.7 Å². The standard InChI is InChI=1S/C11H18/c1-3-5-7-11-9-6-8-10(11)4-2/h4,6,9-11H,2-3,5,7-8H2,1H3/t10-,11-/m0/s1. The van der Waals surface area contributed by atoms with Crippen molar-refractivity contribution in [2.24, 2.45) is 11.8 Å². The molecule has 0 unspecified atom stereocenters. The molecule has 0 saturated carbocycles. The van der Waals surface area contributed by atoms with Crippen molar-refractivity contribution < 1.29 is 0 Å². The molecule has 0 saturated heterocycles. The van der Waals surface area contributed by atoms with Crippen LogP contribution in [-0.2, 0) is 0 Å². The Kier molecular flexibility index (Phi) is 3.41. The van der Waals surface area contributed by atoms with Gasteiger partial charge in [-0.1, -0.05) is 38.0 Å². The zero-order valence-corrected chi connectivity index (χ0v) is 7.42. The minimum Gasteiger partial charge on any atom is -0.103 e. The highest BCUT2D eigenvalue weighted by Gasteiger charge is 2.18. The SMILES string of the molecule is C=C[C@H]1CC=C[C@@H]1CCCC. The first-order valence-electron chi connectivity index (χ1n) is 4.67. The van der Waals surface area contributed by atoms with Crippen molar-refractivity contribution in [3.63, 3.8) is 0 Å². The summed E-state index contributed by atoms with van der Waals surface area (Å²) in [6.45, 7) is 6.11. The molecular formula is C11H18. The van der Waals surface area contributed by atoms with Crippen LogP contribution in [0.25, 0.3) is 0 Å². The van der Waals surface area contributed by atoms with Gasteiger partial charge in [-0.25, -0.2) is 0 Å². The molecule has 1 aliphatic carbocycles. The van der Waals surface area contributed by atoms with Gasteiger partial charge < -0.3 is 0 Å². The van der Waals surface area contributed by atoms with Crippen LogP contribution in [-0.4, -0.2) is 0 Å². The molecule has 0 spiro atoms. The van der Waals surface area contributed by atoms with Crippen molar-refractivity contribution in [1.82, 2.24) is 0 Å². The van der Waals surface area contributed by atoms with E-state index in [0.29, 0.717) is 0 Å². The van der Waals surface area contributed by atoms with Crippen LogP contribution in [0.4, 0.5) is 0 Å². The molecule has 0 aliphatic heterocycles. The second-order valence-corrected chi connectivity index (χ2v) is 3.37. The maximum Gasteiger partial charge on any atom is -0.0139 e. The van der Waals surface area contributed by atoms with E-state index in [9.17, 15) is 0 Å². The Morgan fingerprint density at radius 3 is 3.09 bits per heavy atom. The lowest BCUT2D eigenvalue weighted by Gasteiger charge is -2.14. The van der Waals surface area contributed by atoms with Gasteiger partial charge in [0.25, 0.3) is 0 Å². The molecule has 0 heteroatoms. The topological polar surface area (TPSA) is 0 Å². The number of hydrogen-bond acceptors (Lipinski definition) is 0. The molecule has 62 valence electrons. The number of rotatable bonds is 4. The van der Waals surface area contributed by atoms with Crippen LogP contribution < -0.4 is 0 Å². The molecule has 0 aromatic rings. The van der Waals surface area contributed by atoms with Crippen LogP contribution in [0.3, 0.4) is 0 Å². The van der Waals surface area contributed by atoms with Gasteiger partial charge in [0.15, 0.2) is 0 Å². The van der Waals surface area contributed by atoms with Crippen LogP contribution >= 0.6 is 0 Å². The Morgan fingerprint density at radius 2 is 2.45 bits per heavy atom. The highest BCUT2D eigenvalue weighted by Crippen LogP contribution is 2.29. The second-order valence-electron chi connectivity index (χ2n) is 3.37. The zero-order valence-electron chi connectivity index (χ0n) is 7.42. The molecule has 2 atom stereocenters. The summed E-state index contributed by atoms with van der Waals surface area (Å²) in [5.41, 5.74) is 0. The number of unbranched alkanes of at least 4 members (excludes halogenated alkanes) is 1. The maximum absolute atomic E-state index is 3.86. The minimum absolute atomic E-state index is 0.738. The van der Waals surface area contributed by atoms with Crippen LogP contribution in [0.5, 0.6) is 0 Å². The Hall–Kier alpha value is -0.520. The molecule has 0 amide bonds. The monoisotopic (exact) mass is 150 g/mol. The summed E-state index contributed by atoms with van der Waals surface area (Å²) in [5, 5.41) is 0. The van der Waals surface area contributed by atoms with Crippen molar-refractivity contribution in [3.05, 3.63) is 24.8 Å². The summed E-state index contributed by atoms with van der Waals surface area (Å²) < 4.78 is 0. The van der Waals surface area contributed by atoms with E-state index < -0.39 is 0 Å². The number of allylic oxidation sites excluding steroid dienone is 3. The fourth-order valence-electron chi connectivity index (χ4n) is 1.75. The third-order valence-electron chi connectivity index (χ3n) is 2.54. The quantitative estimate of drug-likeness (QED) is 0.537. The smallest absolute Gasteiger partial charge is 0.0139 e. The van der Waals surface area contributed by atoms with E-state index in [0.717, 1.165) is 11.8 Å². The molecule has 1 rings (SSSR count). The highest BCUT2D eigenvalue weighted by atomic mass is 14.2. The summed E-state index contributed by atoms with van der Waals surface area (Å²) in [4.78, 5) is 0. The Morgan fingerprint density at radius 1 is 1.64 bits per heavy atom. The molecule has 0 bridgehead atoms. The Labute approximate surface area is 70.0 Å². The molecule has 0 aromatic carbocycles. The van der Waals surface area contributed by atoms with Crippen LogP contribution in [0.1, 0.15) is 32.6 Å². The average molecular weight is 150 g/mol. The lowest BCUT2D eigenvalue weighted by molar-refractivity contribution is 0.460. The van der Waals surface area contributed by atoms with Crippen LogP contribution in [0.15, 0.2) is 24.8 Å². The largest absolute Gasteiger partial charge is 0.103 e. The molecule has 0 nitrogen and oxygen atoms in total. The van der Waals surface area contributed by atoms with Crippen molar-refractivity contribution in [1.29, 1.82) is 0 Å². The summed E-state index contributed by atoms with van der Waals surface area (Å²) in [7, 11) is 0. The van der Waals surface area contributed by atoms with E-state index in [2.05, 4.69) is 31.7 Å². The second kappa shape index (κ2) is 4.38. The predicted molar refractivity (Wildman–Crippen MR) is 50.5 cm³/mol. The van der Waals surface area contributed by atoms with Crippen molar-refractivity contribution in [2.45, 2.75) is 32.6 Å². The van der Waals surface area contributed by atoms with Crippen molar-refractivity contribution >= 4 is 0 Å². The Balaban J connectivity index is 2.30. The van der Waals surface area contributed by atoms with E-state index in [1.165, 1.54) is 25.7 Å². The van der Waals surface area contributed by atoms with Gasteiger partial charge in [-0.2, -0.15) is 0 Å². The molecule has 0 fully saturated rings. The molecule has 11 heavy (non-hydrogen) atoms. The Bertz CT molecular complexity index is 144. The first-order valence-corrected chi connectivity index (χ1v) is 4.67. The summed E-state index contributed by atoms with van der Waals surface area (Å²) >= 11 is 0. The van der Waals surface area contributed by atoms with Gasteiger partial charge in [-0.3, -0.25) is 0 Å². The third kappa shape index (κ3) is 2.21. The van der Waals surface area contributed by atoms with Gasteiger partial charge in [-0.15, -0.1) is 6.58 Å². The van der Waals surface area contributed by atoms with E-state index in [4.69, 9.17) is 0 Å². The van der Waals surface area contributed by atoms with E-state index in [1.807, 2.05) is 0 Å². The third-order valence-corrected chi connectivity index (χ3v) is 2.54.